The molecule has 2 amide bonds. The number of carbonyl (C=O) groups excluding carboxylic acids is 1. The van der Waals surface area contributed by atoms with Crippen LogP contribution in [0.1, 0.15) is 5.76 Å². The molecule has 1 aromatic carbocycles. The van der Waals surface area contributed by atoms with Crippen LogP contribution in [0.25, 0.3) is 5.70 Å². The molecule has 0 spiro atoms. The number of hydrogen-bond donors (Lipinski definition) is 1. The maximum Gasteiger partial charge on any atom is 0.341 e. The molecule has 206 valence electrons. The molecule has 1 aromatic heterocycles. The van der Waals surface area contributed by atoms with Crippen molar-refractivity contribution in [3.63, 3.8) is 0 Å². The van der Waals surface area contributed by atoms with Crippen LogP contribution in [0, 0.1) is 0 Å². The molecule has 4 aliphatic rings. The number of piperazine rings is 1. The lowest BCUT2D eigenvalue weighted by Gasteiger charge is -2.36. The SMILES string of the molecule is COCCOc1ccc(N2CCN(CCN3C(=O)N(C)N4C5=C(c6ccno6)N=CN(N)C5=NC34)CC2)cc1. The minimum absolute atomic E-state index is 0.128. The third-order valence-electron chi connectivity index (χ3n) is 7.26. The highest BCUT2D eigenvalue weighted by Gasteiger charge is 2.51. The van der Waals surface area contributed by atoms with E-state index in [-0.39, 0.29) is 6.03 Å². The second-order valence-corrected chi connectivity index (χ2v) is 9.53. The number of ether oxygens (including phenoxy) is 2. The topological polar surface area (TPSA) is 132 Å². The zero-order chi connectivity index (χ0) is 26.9. The molecule has 1 atom stereocenters. The minimum Gasteiger partial charge on any atom is -0.491 e. The van der Waals surface area contributed by atoms with Gasteiger partial charge in [0.15, 0.2) is 11.6 Å². The third kappa shape index (κ3) is 4.66. The first-order valence-electron chi connectivity index (χ1n) is 12.9. The van der Waals surface area contributed by atoms with Gasteiger partial charge >= 0.3 is 6.03 Å². The Morgan fingerprint density at radius 2 is 1.87 bits per heavy atom. The number of rotatable bonds is 9. The number of anilines is 1. The van der Waals surface area contributed by atoms with Gasteiger partial charge in [0.2, 0.25) is 6.29 Å². The van der Waals surface area contributed by atoms with E-state index in [9.17, 15) is 4.79 Å². The molecular weight excluding hydrogens is 504 g/mol. The maximum absolute atomic E-state index is 13.2. The summed E-state index contributed by atoms with van der Waals surface area (Å²) in [6.07, 6.45) is 2.50. The first kappa shape index (κ1) is 25.2. The average molecular weight is 537 g/mol. The Labute approximate surface area is 226 Å². The van der Waals surface area contributed by atoms with Gasteiger partial charge < -0.3 is 18.9 Å². The second-order valence-electron chi connectivity index (χ2n) is 9.53. The molecule has 0 bridgehead atoms. The summed E-state index contributed by atoms with van der Waals surface area (Å²) in [6, 6.07) is 9.77. The van der Waals surface area contributed by atoms with Crippen molar-refractivity contribution in [2.24, 2.45) is 15.8 Å². The number of nitrogens with two attached hydrogens (primary N) is 1. The summed E-state index contributed by atoms with van der Waals surface area (Å²) >= 11 is 0. The normalized spacial score (nSPS) is 21.2. The Bertz CT molecular complexity index is 1270. The van der Waals surface area contributed by atoms with Gasteiger partial charge in [-0.2, -0.15) is 0 Å². The van der Waals surface area contributed by atoms with E-state index < -0.39 is 6.29 Å². The van der Waals surface area contributed by atoms with Crippen molar-refractivity contribution >= 4 is 29.6 Å². The molecule has 0 aliphatic carbocycles. The number of aromatic nitrogens is 1. The fourth-order valence-electron chi connectivity index (χ4n) is 5.17. The van der Waals surface area contributed by atoms with E-state index in [0.717, 1.165) is 38.5 Å². The number of fused-ring (bicyclic) bond motifs is 3. The van der Waals surface area contributed by atoms with Crippen molar-refractivity contribution in [2.45, 2.75) is 6.29 Å². The van der Waals surface area contributed by atoms with Crippen molar-refractivity contribution in [1.29, 1.82) is 0 Å². The maximum atomic E-state index is 13.2. The van der Waals surface area contributed by atoms with Crippen LogP contribution >= 0.6 is 0 Å². The number of hydrogen-bond acceptors (Lipinski definition) is 12. The molecule has 6 rings (SSSR count). The Kier molecular flexibility index (Phi) is 6.81. The van der Waals surface area contributed by atoms with Gasteiger partial charge in [-0.1, -0.05) is 5.16 Å². The molecule has 4 aliphatic heterocycles. The molecule has 2 fully saturated rings. The number of aliphatic imine (C=N–C) groups is 2. The molecular formula is C25H32N10O4. The number of methoxy groups -OCH3 is 1. The summed E-state index contributed by atoms with van der Waals surface area (Å²) in [5, 5.41) is 8.52. The van der Waals surface area contributed by atoms with E-state index in [2.05, 4.69) is 32.1 Å². The molecule has 14 heteroatoms. The highest BCUT2D eigenvalue weighted by Crippen LogP contribution is 2.38. The first-order valence-corrected chi connectivity index (χ1v) is 12.9. The van der Waals surface area contributed by atoms with Gasteiger partial charge in [-0.3, -0.25) is 9.80 Å². The van der Waals surface area contributed by atoms with Crippen LogP contribution in [0.2, 0.25) is 0 Å². The van der Waals surface area contributed by atoms with E-state index >= 15 is 0 Å². The Morgan fingerprint density at radius 3 is 2.59 bits per heavy atom. The Morgan fingerprint density at radius 1 is 1.08 bits per heavy atom. The molecule has 0 saturated carbocycles. The van der Waals surface area contributed by atoms with Gasteiger partial charge in [0.05, 0.1) is 12.8 Å². The zero-order valence-electron chi connectivity index (χ0n) is 22.0. The van der Waals surface area contributed by atoms with Crippen LogP contribution in [-0.4, -0.2) is 121 Å². The van der Waals surface area contributed by atoms with Crippen LogP contribution in [0.15, 0.2) is 56.7 Å². The molecule has 14 nitrogen and oxygen atoms in total. The summed E-state index contributed by atoms with van der Waals surface area (Å²) in [7, 11) is 3.39. The minimum atomic E-state index is -0.538. The lowest BCUT2D eigenvalue weighted by atomic mass is 10.2. The number of benzene rings is 1. The molecule has 2 N–H and O–H groups in total. The molecule has 5 heterocycles. The number of amidine groups is 1. The highest BCUT2D eigenvalue weighted by molar-refractivity contribution is 6.12. The number of carbonyl (C=O) groups is 1. The number of amides is 2. The lowest BCUT2D eigenvalue weighted by Crippen LogP contribution is -2.49. The first-order chi connectivity index (χ1) is 19.0. The summed E-state index contributed by atoms with van der Waals surface area (Å²) in [5.74, 6) is 7.99. The van der Waals surface area contributed by atoms with Gasteiger partial charge in [-0.05, 0) is 24.3 Å². The zero-order valence-corrected chi connectivity index (χ0v) is 22.0. The average Bonchev–Trinajstić information content (AvgIpc) is 3.68. The lowest BCUT2D eigenvalue weighted by molar-refractivity contribution is 0.0840. The predicted octanol–water partition coefficient (Wildman–Crippen LogP) is 0.688. The van der Waals surface area contributed by atoms with Gasteiger partial charge in [0, 0.05) is 65.2 Å². The monoisotopic (exact) mass is 536 g/mol. The largest absolute Gasteiger partial charge is 0.491 e. The van der Waals surface area contributed by atoms with Crippen LogP contribution in [0.3, 0.4) is 0 Å². The van der Waals surface area contributed by atoms with Gasteiger partial charge in [-0.15, -0.1) is 0 Å². The summed E-state index contributed by atoms with van der Waals surface area (Å²) < 4.78 is 16.0. The second kappa shape index (κ2) is 10.6. The third-order valence-corrected chi connectivity index (χ3v) is 7.26. The summed E-state index contributed by atoms with van der Waals surface area (Å²) in [6.45, 7) is 5.99. The molecule has 2 aromatic rings. The van der Waals surface area contributed by atoms with Crippen molar-refractivity contribution in [1.82, 2.24) is 30.0 Å². The summed E-state index contributed by atoms with van der Waals surface area (Å²) in [4.78, 5) is 29.0. The fourth-order valence-corrected chi connectivity index (χ4v) is 5.17. The number of urea groups is 1. The van der Waals surface area contributed by atoms with Crippen molar-refractivity contribution in [2.75, 3.05) is 71.5 Å². The van der Waals surface area contributed by atoms with Crippen LogP contribution in [0.5, 0.6) is 5.75 Å². The van der Waals surface area contributed by atoms with Crippen molar-refractivity contribution in [3.8, 4) is 5.75 Å². The van der Waals surface area contributed by atoms with Crippen molar-refractivity contribution < 1.29 is 18.8 Å². The van der Waals surface area contributed by atoms with Gasteiger partial charge in [-0.25, -0.2) is 35.6 Å². The quantitative estimate of drug-likeness (QED) is 0.361. The van der Waals surface area contributed by atoms with Gasteiger partial charge in [0.25, 0.3) is 0 Å². The standard InChI is InChI=1S/C25H32N10O4/c1-30-25(36)33(24-29-23-22(35(24)30)21(27-17-34(23)26)20-7-8-28-39-20)14-11-31-9-12-32(13-10-31)18-3-5-19(6-4-18)38-16-15-37-2/h3-8,17,24H,9-16,26H2,1-2H3. The fraction of sp³-hybridized carbons (Fsp3) is 0.440. The molecule has 39 heavy (non-hydrogen) atoms. The van der Waals surface area contributed by atoms with Crippen molar-refractivity contribution in [3.05, 3.63) is 48.0 Å². The smallest absolute Gasteiger partial charge is 0.341 e. The van der Waals surface area contributed by atoms with E-state index in [1.54, 1.807) is 36.3 Å². The molecule has 0 radical (unpaired) electrons. The van der Waals surface area contributed by atoms with Crippen LogP contribution in [-0.2, 0) is 4.74 Å². The molecule has 1 unspecified atom stereocenters. The molecule has 2 saturated heterocycles. The highest BCUT2D eigenvalue weighted by atomic mass is 16.5. The predicted molar refractivity (Wildman–Crippen MR) is 143 cm³/mol. The van der Waals surface area contributed by atoms with Crippen LogP contribution < -0.4 is 15.5 Å². The van der Waals surface area contributed by atoms with Crippen LogP contribution in [0.4, 0.5) is 10.5 Å². The van der Waals surface area contributed by atoms with E-state index in [1.807, 2.05) is 17.1 Å². The number of nitrogens with zero attached hydrogens (tertiary/aromatic N) is 9. The Hall–Kier alpha value is -4.14. The number of hydrazine groups is 2. The summed E-state index contributed by atoms with van der Waals surface area (Å²) in [5.41, 5.74) is 2.32. The van der Waals surface area contributed by atoms with Gasteiger partial charge in [0.1, 0.15) is 30.1 Å². The Balaban J connectivity index is 1.07. The van der Waals surface area contributed by atoms with E-state index in [0.29, 0.717) is 42.7 Å². The van der Waals surface area contributed by atoms with E-state index in [4.69, 9.17) is 24.8 Å². The van der Waals surface area contributed by atoms with E-state index in [1.165, 1.54) is 17.0 Å².